The van der Waals surface area contributed by atoms with Crippen molar-refractivity contribution in [2.45, 2.75) is 102 Å². The molecule has 4 heteroatoms. The van der Waals surface area contributed by atoms with Gasteiger partial charge in [-0.05, 0) is 80.3 Å². The predicted octanol–water partition coefficient (Wildman–Crippen LogP) is 4.07. The fourth-order valence-corrected chi connectivity index (χ4v) is 4.90. The molecule has 4 nitrogen and oxygen atoms in total. The lowest BCUT2D eigenvalue weighted by atomic mass is 9.80. The minimum absolute atomic E-state index is 0.220. The number of nitrogens with zero attached hydrogens (tertiary/aromatic N) is 2. The number of hydroxylamine groups is 2. The second-order valence-electron chi connectivity index (χ2n) is 9.27. The predicted molar refractivity (Wildman–Crippen MR) is 94.9 cm³/mol. The number of hydrogen-bond donors (Lipinski definition) is 1. The minimum atomic E-state index is -0.220. The molecular formula is C19H38N2O2. The van der Waals surface area contributed by atoms with E-state index in [1.807, 2.05) is 0 Å². The van der Waals surface area contributed by atoms with E-state index in [9.17, 15) is 5.21 Å². The standard InChI is InChI=1S/C19H38N2O2/c1-17(2)14-16(15-18(3,4)21(17)22)23-13-9-12-19(20(5)6)10-7-8-11-19/h16,22H,7-15H2,1-6H3. The van der Waals surface area contributed by atoms with Gasteiger partial charge in [-0.15, -0.1) is 0 Å². The van der Waals surface area contributed by atoms with E-state index in [0.29, 0.717) is 5.54 Å². The molecule has 2 aliphatic rings. The first kappa shape index (κ1) is 19.2. The van der Waals surface area contributed by atoms with Crippen LogP contribution in [-0.4, -0.2) is 58.6 Å². The molecule has 1 saturated heterocycles. The molecule has 1 aliphatic carbocycles. The molecule has 0 bridgehead atoms. The smallest absolute Gasteiger partial charge is 0.0611 e. The van der Waals surface area contributed by atoms with Crippen LogP contribution in [-0.2, 0) is 4.74 Å². The normalized spacial score (nSPS) is 27.7. The molecule has 1 saturated carbocycles. The Balaban J connectivity index is 1.80. The van der Waals surface area contributed by atoms with Crippen LogP contribution in [0.2, 0.25) is 0 Å². The fraction of sp³-hybridized carbons (Fsp3) is 1.00. The first-order valence-corrected chi connectivity index (χ1v) is 9.37. The highest BCUT2D eigenvalue weighted by atomic mass is 16.5. The van der Waals surface area contributed by atoms with Crippen LogP contribution in [0.5, 0.6) is 0 Å². The van der Waals surface area contributed by atoms with Gasteiger partial charge in [0.05, 0.1) is 6.10 Å². The molecule has 2 fully saturated rings. The number of piperidine rings is 1. The Morgan fingerprint density at radius 2 is 1.57 bits per heavy atom. The maximum atomic E-state index is 10.4. The maximum Gasteiger partial charge on any atom is 0.0611 e. The van der Waals surface area contributed by atoms with Crippen molar-refractivity contribution in [3.05, 3.63) is 0 Å². The fourth-order valence-electron chi connectivity index (χ4n) is 4.90. The van der Waals surface area contributed by atoms with Gasteiger partial charge in [0.2, 0.25) is 0 Å². The Bertz CT molecular complexity index is 369. The van der Waals surface area contributed by atoms with Crippen molar-refractivity contribution in [3.8, 4) is 0 Å². The number of rotatable bonds is 6. The van der Waals surface area contributed by atoms with Crippen molar-refractivity contribution in [3.63, 3.8) is 0 Å². The van der Waals surface area contributed by atoms with Crippen LogP contribution in [0.25, 0.3) is 0 Å². The van der Waals surface area contributed by atoms with E-state index in [2.05, 4.69) is 46.7 Å². The Hall–Kier alpha value is -0.160. The third-order valence-corrected chi connectivity index (χ3v) is 6.22. The molecule has 0 radical (unpaired) electrons. The molecule has 1 aliphatic heterocycles. The Labute approximate surface area is 143 Å². The molecule has 0 spiro atoms. The highest BCUT2D eigenvalue weighted by Gasteiger charge is 2.45. The van der Waals surface area contributed by atoms with E-state index in [1.54, 1.807) is 0 Å². The van der Waals surface area contributed by atoms with Gasteiger partial charge in [-0.1, -0.05) is 12.8 Å². The van der Waals surface area contributed by atoms with Crippen LogP contribution >= 0.6 is 0 Å². The molecule has 0 aromatic carbocycles. The summed E-state index contributed by atoms with van der Waals surface area (Å²) in [5.41, 5.74) is -0.0260. The van der Waals surface area contributed by atoms with Gasteiger partial charge in [0.25, 0.3) is 0 Å². The summed E-state index contributed by atoms with van der Waals surface area (Å²) < 4.78 is 6.23. The van der Waals surface area contributed by atoms with Gasteiger partial charge in [-0.2, -0.15) is 5.06 Å². The van der Waals surface area contributed by atoms with Crippen LogP contribution in [0.3, 0.4) is 0 Å². The van der Waals surface area contributed by atoms with Crippen molar-refractivity contribution < 1.29 is 9.94 Å². The summed E-state index contributed by atoms with van der Waals surface area (Å²) in [6, 6.07) is 0. The summed E-state index contributed by atoms with van der Waals surface area (Å²) >= 11 is 0. The van der Waals surface area contributed by atoms with Crippen molar-refractivity contribution in [2.24, 2.45) is 0 Å². The molecular weight excluding hydrogens is 288 g/mol. The minimum Gasteiger partial charge on any atom is -0.378 e. The van der Waals surface area contributed by atoms with Crippen molar-refractivity contribution in [1.29, 1.82) is 0 Å². The van der Waals surface area contributed by atoms with Gasteiger partial charge in [0.1, 0.15) is 0 Å². The Kier molecular flexibility index (Phi) is 5.82. The Morgan fingerprint density at radius 1 is 1.04 bits per heavy atom. The quantitative estimate of drug-likeness (QED) is 0.747. The van der Waals surface area contributed by atoms with E-state index in [4.69, 9.17) is 4.74 Å². The summed E-state index contributed by atoms with van der Waals surface area (Å²) in [6.07, 6.45) is 9.84. The van der Waals surface area contributed by atoms with Crippen molar-refractivity contribution in [2.75, 3.05) is 20.7 Å². The highest BCUT2D eigenvalue weighted by Crippen LogP contribution is 2.39. The molecule has 2 rings (SSSR count). The summed E-state index contributed by atoms with van der Waals surface area (Å²) in [6.45, 7) is 9.25. The highest BCUT2D eigenvalue weighted by molar-refractivity contribution is 4.97. The van der Waals surface area contributed by atoms with Gasteiger partial charge < -0.3 is 14.8 Å². The summed E-state index contributed by atoms with van der Waals surface area (Å²) in [7, 11) is 4.46. The molecule has 136 valence electrons. The molecule has 0 unspecified atom stereocenters. The lowest BCUT2D eigenvalue weighted by Crippen LogP contribution is -2.60. The second kappa shape index (κ2) is 6.99. The molecule has 0 aromatic heterocycles. The van der Waals surface area contributed by atoms with E-state index in [1.165, 1.54) is 37.2 Å². The van der Waals surface area contributed by atoms with Gasteiger partial charge in [0.15, 0.2) is 0 Å². The maximum absolute atomic E-state index is 10.4. The molecule has 0 aromatic rings. The van der Waals surface area contributed by atoms with Gasteiger partial charge in [-0.3, -0.25) is 0 Å². The lowest BCUT2D eigenvalue weighted by molar-refractivity contribution is -0.261. The van der Waals surface area contributed by atoms with Crippen molar-refractivity contribution in [1.82, 2.24) is 9.96 Å². The summed E-state index contributed by atoms with van der Waals surface area (Å²) in [4.78, 5) is 2.44. The lowest BCUT2D eigenvalue weighted by Gasteiger charge is -2.51. The molecule has 1 heterocycles. The first-order valence-electron chi connectivity index (χ1n) is 9.37. The third-order valence-electron chi connectivity index (χ3n) is 6.22. The molecule has 0 amide bonds. The molecule has 1 N–H and O–H groups in total. The van der Waals surface area contributed by atoms with Gasteiger partial charge in [0, 0.05) is 23.2 Å². The zero-order valence-electron chi connectivity index (χ0n) is 16.2. The van der Waals surface area contributed by atoms with E-state index in [0.717, 1.165) is 25.9 Å². The Morgan fingerprint density at radius 3 is 2.04 bits per heavy atom. The van der Waals surface area contributed by atoms with Gasteiger partial charge >= 0.3 is 0 Å². The third kappa shape index (κ3) is 4.28. The van der Waals surface area contributed by atoms with Crippen molar-refractivity contribution >= 4 is 0 Å². The molecule has 23 heavy (non-hydrogen) atoms. The topological polar surface area (TPSA) is 35.9 Å². The zero-order chi connectivity index (χ0) is 17.3. The van der Waals surface area contributed by atoms with Crippen LogP contribution in [0.1, 0.15) is 79.1 Å². The molecule has 0 atom stereocenters. The van der Waals surface area contributed by atoms with E-state index < -0.39 is 0 Å². The average Bonchev–Trinajstić information content (AvgIpc) is 2.90. The van der Waals surface area contributed by atoms with Crippen LogP contribution < -0.4 is 0 Å². The van der Waals surface area contributed by atoms with Crippen LogP contribution in [0, 0.1) is 0 Å². The number of hydrogen-bond acceptors (Lipinski definition) is 4. The average molecular weight is 327 g/mol. The SMILES string of the molecule is CN(C)C1(CCCOC2CC(C)(C)N(O)C(C)(C)C2)CCCC1. The summed E-state index contributed by atoms with van der Waals surface area (Å²) in [5, 5.41) is 11.9. The van der Waals surface area contributed by atoms with Crippen LogP contribution in [0.4, 0.5) is 0 Å². The van der Waals surface area contributed by atoms with E-state index in [-0.39, 0.29) is 17.2 Å². The van der Waals surface area contributed by atoms with Crippen LogP contribution in [0.15, 0.2) is 0 Å². The van der Waals surface area contributed by atoms with E-state index >= 15 is 0 Å². The van der Waals surface area contributed by atoms with Gasteiger partial charge in [-0.25, -0.2) is 0 Å². The summed E-state index contributed by atoms with van der Waals surface area (Å²) in [5.74, 6) is 0. The first-order chi connectivity index (χ1) is 10.6. The second-order valence-corrected chi connectivity index (χ2v) is 9.27. The zero-order valence-corrected chi connectivity index (χ0v) is 16.2. The largest absolute Gasteiger partial charge is 0.378 e. The number of ether oxygens (including phenoxy) is 1. The monoisotopic (exact) mass is 326 g/mol.